The van der Waals surface area contributed by atoms with Gasteiger partial charge in [0.2, 0.25) is 70.3 Å². The van der Waals surface area contributed by atoms with Crippen LogP contribution in [0.25, 0.3) is 0 Å². The van der Waals surface area contributed by atoms with Crippen LogP contribution < -0.4 is 36.6 Å². The number of hydrogen-bond acceptors (Lipinski definition) is 27. The SMILES string of the molecule is CC(=O)OCC1OC(OCCCCC(=O)CCCCNC(=O)CCC(CCC(=O)NCCCNC(=O)CCCCOC2OC(COC(C)=O)C(OC(C)=O)C(C)C2C)(CCC(=O)NCCCNC(=O)CCCCOC2OC(COC(C)=O)C(OC(C)=O)C(C)C2C)NC(=O)CCCC(=O)Oc2c(F)c(F)c(F)c(F)c2F)C(C)C(C)C1OC(C)=O. The molecule has 120 heavy (non-hydrogen) atoms. The van der Waals surface area contributed by atoms with Gasteiger partial charge in [-0.25, -0.2) is 13.2 Å². The van der Waals surface area contributed by atoms with Crippen molar-refractivity contribution in [3.8, 4) is 5.75 Å². The highest BCUT2D eigenvalue weighted by atomic mass is 19.2. The van der Waals surface area contributed by atoms with Crippen molar-refractivity contribution in [1.29, 1.82) is 0 Å². The van der Waals surface area contributed by atoms with Gasteiger partial charge in [-0.1, -0.05) is 41.5 Å². The number of ether oxygens (including phenoxy) is 13. The van der Waals surface area contributed by atoms with E-state index in [9.17, 15) is 89.1 Å². The van der Waals surface area contributed by atoms with Crippen molar-refractivity contribution in [2.24, 2.45) is 35.5 Å². The number of Topliss-reactive ketones (excluding diaryl/α,β-unsaturated/α-hetero) is 1. The molecule has 0 bridgehead atoms. The Hall–Kier alpha value is -8.59. The molecule has 4 rings (SSSR count). The Labute approximate surface area is 697 Å². The highest BCUT2D eigenvalue weighted by molar-refractivity contribution is 5.81. The molecule has 6 N–H and O–H groups in total. The number of benzene rings is 1. The van der Waals surface area contributed by atoms with Crippen LogP contribution in [0.1, 0.15) is 231 Å². The lowest BCUT2D eigenvalue weighted by Gasteiger charge is -2.43. The summed E-state index contributed by atoms with van der Waals surface area (Å²) in [7, 11) is 0. The number of hydrogen-bond donors (Lipinski definition) is 6. The first-order chi connectivity index (χ1) is 56.8. The second-order valence-electron chi connectivity index (χ2n) is 30.9. The fourth-order valence-corrected chi connectivity index (χ4v) is 13.8. The zero-order chi connectivity index (χ0) is 89.2. The molecule has 3 saturated heterocycles. The Balaban J connectivity index is 1.38. The Morgan fingerprint density at radius 1 is 0.325 bits per heavy atom. The van der Waals surface area contributed by atoms with E-state index in [0.29, 0.717) is 51.4 Å². The smallest absolute Gasteiger partial charge is 0.311 e. The lowest BCUT2D eigenvalue weighted by Crippen LogP contribution is -2.53. The third kappa shape index (κ3) is 38.2. The second-order valence-corrected chi connectivity index (χ2v) is 30.9. The van der Waals surface area contributed by atoms with Gasteiger partial charge in [0.15, 0.2) is 18.9 Å². The summed E-state index contributed by atoms with van der Waals surface area (Å²) in [6.07, 6.45) is -4.76. The maximum Gasteiger partial charge on any atom is 0.311 e. The van der Waals surface area contributed by atoms with Gasteiger partial charge in [0.1, 0.15) is 62.2 Å². The molecule has 680 valence electrons. The minimum atomic E-state index is -2.49. The first kappa shape index (κ1) is 104. The van der Waals surface area contributed by atoms with E-state index in [1.165, 1.54) is 41.5 Å². The van der Waals surface area contributed by atoms with Crippen LogP contribution in [0.2, 0.25) is 0 Å². The van der Waals surface area contributed by atoms with Crippen LogP contribution in [-0.2, 0) is 124 Å². The molecular formula is C82H125F5N6O27. The molecule has 6 amide bonds. The summed E-state index contributed by atoms with van der Waals surface area (Å²) in [5, 5.41) is 16.8. The molecule has 0 spiro atoms. The van der Waals surface area contributed by atoms with Crippen molar-refractivity contribution < 1.29 is 151 Å². The summed E-state index contributed by atoms with van der Waals surface area (Å²) in [6, 6.07) is 0. The Kier molecular flexibility index (Phi) is 47.3. The molecule has 0 aliphatic carbocycles. The molecule has 0 saturated carbocycles. The summed E-state index contributed by atoms with van der Waals surface area (Å²) in [4.78, 5) is 177. The fraction of sp³-hybridized carbons (Fsp3) is 0.756. The number of ketones is 1. The van der Waals surface area contributed by atoms with Crippen LogP contribution in [-0.4, -0.2) is 216 Å². The molecule has 3 aliphatic rings. The van der Waals surface area contributed by atoms with Gasteiger partial charge in [-0.3, -0.25) is 67.1 Å². The number of nitrogens with one attached hydrogen (secondary N) is 6. The standard InChI is InChI=1S/C82H125F5N6O27/c1-47-50(4)79(117-60(44-111-53(7)94)75(47)114-56(10)97)108-41-18-14-25-59(100)24-13-17-36-88-65(103)30-33-82(93-68(106)28-21-29-69(107)120-78-73(86)71(84)70(83)72(85)74(78)87,34-31-66(104)91-39-22-37-89-63(101)26-15-19-42-109-80-51(5)48(2)76(115-57(11)98)61(118-80)45-112-54(8)95)35-32-67(105)92-40-23-38-90-64(102)27-16-20-43-110-81-52(6)49(3)77(116-58(12)99)62(119-81)46-113-55(9)96/h47-52,60-62,75-77,79-81H,13-46H2,1-12H3,(H,88,103)(H,89,101)(H,90,102)(H,91,104)(H,92,105)(H,93,106). The summed E-state index contributed by atoms with van der Waals surface area (Å²) < 4.78 is 143. The average molecular weight is 1720 g/mol. The molecule has 3 fully saturated rings. The first-order valence-corrected chi connectivity index (χ1v) is 41.4. The minimum absolute atomic E-state index is 0.0266. The zero-order valence-corrected chi connectivity index (χ0v) is 71.1. The van der Waals surface area contributed by atoms with Gasteiger partial charge in [0.25, 0.3) is 0 Å². The van der Waals surface area contributed by atoms with Crippen molar-refractivity contribution in [2.45, 2.75) is 292 Å². The van der Waals surface area contributed by atoms with Gasteiger partial charge in [-0.05, 0) is 89.9 Å². The fourth-order valence-electron chi connectivity index (χ4n) is 13.8. The summed E-state index contributed by atoms with van der Waals surface area (Å²) >= 11 is 0. The second kappa shape index (κ2) is 54.7. The van der Waals surface area contributed by atoms with Gasteiger partial charge >= 0.3 is 41.8 Å². The Morgan fingerprint density at radius 2 is 0.617 bits per heavy atom. The average Bonchev–Trinajstić information content (AvgIpc) is 0.833. The lowest BCUT2D eigenvalue weighted by molar-refractivity contribution is -0.273. The molecule has 1 aromatic rings. The van der Waals surface area contributed by atoms with Gasteiger partial charge < -0.3 is 93.5 Å². The van der Waals surface area contributed by atoms with Gasteiger partial charge in [0.05, 0.1) is 0 Å². The van der Waals surface area contributed by atoms with E-state index in [2.05, 4.69) is 36.6 Å². The molecule has 33 nitrogen and oxygen atoms in total. The number of carbonyl (C=O) groups is 14. The largest absolute Gasteiger partial charge is 0.463 e. The number of unbranched alkanes of at least 4 members (excludes halogenated alkanes) is 4. The predicted molar refractivity (Wildman–Crippen MR) is 414 cm³/mol. The summed E-state index contributed by atoms with van der Waals surface area (Å²) in [6.45, 7) is 19.7. The van der Waals surface area contributed by atoms with Gasteiger partial charge in [0, 0.05) is 193 Å². The highest BCUT2D eigenvalue weighted by Crippen LogP contribution is 2.38. The van der Waals surface area contributed by atoms with Crippen LogP contribution in [0.15, 0.2) is 0 Å². The van der Waals surface area contributed by atoms with Gasteiger partial charge in [-0.15, -0.1) is 0 Å². The predicted octanol–water partition coefficient (Wildman–Crippen LogP) is 7.79. The van der Waals surface area contributed by atoms with E-state index in [1.807, 2.05) is 41.5 Å². The lowest BCUT2D eigenvalue weighted by atomic mass is 9.82. The molecule has 3 heterocycles. The molecule has 3 aliphatic heterocycles. The number of rotatable bonds is 55. The summed E-state index contributed by atoms with van der Waals surface area (Å²) in [5.41, 5.74) is -1.54. The van der Waals surface area contributed by atoms with Crippen LogP contribution >= 0.6 is 0 Å². The number of esters is 7. The van der Waals surface area contributed by atoms with E-state index in [1.54, 1.807) is 0 Å². The number of halogens is 5. The normalized spacial score (nSPS) is 23.1. The maximum atomic E-state index is 14.5. The molecule has 0 aromatic heterocycles. The monoisotopic (exact) mass is 1720 g/mol. The maximum absolute atomic E-state index is 14.5. The number of carbonyl (C=O) groups excluding carboxylic acids is 14. The quantitative estimate of drug-likeness (QED) is 0.00689. The van der Waals surface area contributed by atoms with E-state index in [-0.39, 0.29) is 203 Å². The van der Waals surface area contributed by atoms with E-state index < -0.39 is 181 Å². The molecule has 1 aromatic carbocycles. The van der Waals surface area contributed by atoms with E-state index >= 15 is 0 Å². The first-order valence-electron chi connectivity index (χ1n) is 41.4. The van der Waals surface area contributed by atoms with Crippen molar-refractivity contribution >= 4 is 83.0 Å². The summed E-state index contributed by atoms with van der Waals surface area (Å²) in [5.74, 6) is -22.7. The van der Waals surface area contributed by atoms with Crippen molar-refractivity contribution in [1.82, 2.24) is 31.9 Å². The van der Waals surface area contributed by atoms with Gasteiger partial charge in [-0.2, -0.15) is 8.78 Å². The van der Waals surface area contributed by atoms with Crippen LogP contribution in [0.5, 0.6) is 5.75 Å². The van der Waals surface area contributed by atoms with Crippen molar-refractivity contribution in [2.75, 3.05) is 72.4 Å². The van der Waals surface area contributed by atoms with Crippen LogP contribution in [0, 0.1) is 64.6 Å². The van der Waals surface area contributed by atoms with Crippen LogP contribution in [0.4, 0.5) is 22.0 Å². The van der Waals surface area contributed by atoms with E-state index in [4.69, 9.17) is 56.8 Å². The van der Waals surface area contributed by atoms with Crippen LogP contribution in [0.3, 0.4) is 0 Å². The van der Waals surface area contributed by atoms with Crippen molar-refractivity contribution in [3.05, 3.63) is 29.1 Å². The third-order valence-corrected chi connectivity index (χ3v) is 21.2. The number of amides is 6. The minimum Gasteiger partial charge on any atom is -0.463 e. The molecule has 0 radical (unpaired) electrons. The van der Waals surface area contributed by atoms with Crippen molar-refractivity contribution in [3.63, 3.8) is 0 Å². The Bertz CT molecular complexity index is 3230. The topological polar surface area (TPSA) is 431 Å². The third-order valence-electron chi connectivity index (χ3n) is 21.2. The zero-order valence-electron chi connectivity index (χ0n) is 71.1. The molecule has 15 atom stereocenters. The molecular weight excluding hydrogens is 1600 g/mol. The van der Waals surface area contributed by atoms with E-state index in [0.717, 1.165) is 0 Å². The molecule has 38 heteroatoms. The highest BCUT2D eigenvalue weighted by Gasteiger charge is 2.48. The molecule has 15 unspecified atom stereocenters. The Morgan fingerprint density at radius 3 is 0.942 bits per heavy atom.